The highest BCUT2D eigenvalue weighted by atomic mass is 32.2. The molecule has 0 aliphatic carbocycles. The van der Waals surface area contributed by atoms with E-state index in [2.05, 4.69) is 10.9 Å². The first-order valence-electron chi connectivity index (χ1n) is 11.7. The van der Waals surface area contributed by atoms with Crippen LogP contribution in [0.2, 0.25) is 0 Å². The van der Waals surface area contributed by atoms with Gasteiger partial charge in [-0.2, -0.15) is 0 Å². The van der Waals surface area contributed by atoms with E-state index in [9.17, 15) is 14.4 Å². The first-order chi connectivity index (χ1) is 18.9. The summed E-state index contributed by atoms with van der Waals surface area (Å²) in [7, 11) is 3.06. The zero-order chi connectivity index (χ0) is 27.8. The molecule has 11 heteroatoms. The average Bonchev–Trinajstić information content (AvgIpc) is 3.22. The van der Waals surface area contributed by atoms with Gasteiger partial charge in [0.2, 0.25) is 0 Å². The van der Waals surface area contributed by atoms with Crippen molar-refractivity contribution >= 4 is 52.1 Å². The van der Waals surface area contributed by atoms with Crippen molar-refractivity contribution in [1.29, 1.82) is 0 Å². The maximum atomic E-state index is 12.9. The van der Waals surface area contributed by atoms with Gasteiger partial charge in [-0.3, -0.25) is 30.1 Å². The van der Waals surface area contributed by atoms with Crippen molar-refractivity contribution < 1.29 is 28.6 Å². The lowest BCUT2D eigenvalue weighted by molar-refractivity contribution is -0.129. The number of carbonyl (C=O) groups is 3. The van der Waals surface area contributed by atoms with Gasteiger partial charge < -0.3 is 14.2 Å². The monoisotopic (exact) mass is 563 g/mol. The summed E-state index contributed by atoms with van der Waals surface area (Å²) in [6.07, 6.45) is 1.66. The van der Waals surface area contributed by atoms with Gasteiger partial charge >= 0.3 is 0 Å². The molecule has 0 spiro atoms. The number of nitrogens with zero attached hydrogens (tertiary/aromatic N) is 1. The summed E-state index contributed by atoms with van der Waals surface area (Å²) in [6, 6.07) is 21.5. The molecule has 1 heterocycles. The number of nitrogens with one attached hydrogen (secondary N) is 2. The Morgan fingerprint density at radius 3 is 2.36 bits per heavy atom. The zero-order valence-electron chi connectivity index (χ0n) is 21.1. The Morgan fingerprint density at radius 2 is 1.67 bits per heavy atom. The smallest absolute Gasteiger partial charge is 0.269 e. The van der Waals surface area contributed by atoms with E-state index in [0.717, 1.165) is 17.3 Å². The highest BCUT2D eigenvalue weighted by Gasteiger charge is 2.33. The molecular weight excluding hydrogens is 538 g/mol. The van der Waals surface area contributed by atoms with E-state index in [1.165, 1.54) is 19.1 Å². The van der Waals surface area contributed by atoms with Gasteiger partial charge in [-0.25, -0.2) is 0 Å². The number of thioether (sulfide) groups is 1. The molecule has 39 heavy (non-hydrogen) atoms. The Hall–Kier alpha value is -4.35. The molecule has 3 aromatic carbocycles. The quantitative estimate of drug-likeness (QED) is 0.229. The minimum Gasteiger partial charge on any atom is -0.493 e. The van der Waals surface area contributed by atoms with Crippen LogP contribution in [-0.2, 0) is 16.2 Å². The summed E-state index contributed by atoms with van der Waals surface area (Å²) in [6.45, 7) is 0.0590. The molecule has 3 aromatic rings. The summed E-state index contributed by atoms with van der Waals surface area (Å²) < 4.78 is 16.5. The third-order valence-electron chi connectivity index (χ3n) is 5.56. The number of rotatable bonds is 9. The number of methoxy groups -OCH3 is 2. The maximum absolute atomic E-state index is 12.9. The SMILES string of the molecule is COc1ccc(/C=C2\SC(=S)N(CC(=O)NNC(=O)c3ccc(OCc4ccccc4)cc3)C2=O)cc1OC. The number of hydrogen-bond acceptors (Lipinski definition) is 8. The van der Waals surface area contributed by atoms with Gasteiger partial charge in [-0.15, -0.1) is 0 Å². The van der Waals surface area contributed by atoms with Crippen molar-refractivity contribution in [1.82, 2.24) is 15.8 Å². The maximum Gasteiger partial charge on any atom is 0.269 e. The molecule has 0 saturated carbocycles. The van der Waals surface area contributed by atoms with Gasteiger partial charge in [0.05, 0.1) is 19.1 Å². The van der Waals surface area contributed by atoms with Crippen LogP contribution in [0.5, 0.6) is 17.2 Å². The van der Waals surface area contributed by atoms with Crippen molar-refractivity contribution in [2.75, 3.05) is 20.8 Å². The molecular formula is C28H25N3O6S2. The van der Waals surface area contributed by atoms with Crippen LogP contribution in [0, 0.1) is 0 Å². The van der Waals surface area contributed by atoms with Gasteiger partial charge in [-0.05, 0) is 53.6 Å². The Labute approximate surface area is 235 Å². The van der Waals surface area contributed by atoms with Crippen molar-refractivity contribution in [2.45, 2.75) is 6.61 Å². The van der Waals surface area contributed by atoms with Gasteiger partial charge in [0.1, 0.15) is 23.2 Å². The summed E-state index contributed by atoms with van der Waals surface area (Å²) in [5.41, 5.74) is 6.73. The Balaban J connectivity index is 1.28. The van der Waals surface area contributed by atoms with Crippen LogP contribution < -0.4 is 25.1 Å². The number of hydrogen-bond donors (Lipinski definition) is 2. The largest absolute Gasteiger partial charge is 0.493 e. The van der Waals surface area contributed by atoms with E-state index in [0.29, 0.717) is 39.9 Å². The zero-order valence-corrected chi connectivity index (χ0v) is 22.8. The van der Waals surface area contributed by atoms with Crippen LogP contribution >= 0.6 is 24.0 Å². The van der Waals surface area contributed by atoms with Crippen LogP contribution in [0.15, 0.2) is 77.7 Å². The predicted octanol–water partition coefficient (Wildman–Crippen LogP) is 3.95. The second-order valence-electron chi connectivity index (χ2n) is 8.18. The van der Waals surface area contributed by atoms with Crippen LogP contribution in [0.25, 0.3) is 6.08 Å². The second kappa shape index (κ2) is 12.9. The summed E-state index contributed by atoms with van der Waals surface area (Å²) in [4.78, 5) is 39.3. The fourth-order valence-corrected chi connectivity index (χ4v) is 4.81. The van der Waals surface area contributed by atoms with Crippen molar-refractivity contribution in [2.24, 2.45) is 0 Å². The predicted molar refractivity (Wildman–Crippen MR) is 152 cm³/mol. The fraction of sp³-hybridized carbons (Fsp3) is 0.143. The minimum atomic E-state index is -0.602. The molecule has 0 radical (unpaired) electrons. The summed E-state index contributed by atoms with van der Waals surface area (Å²) >= 11 is 6.38. The van der Waals surface area contributed by atoms with E-state index in [4.69, 9.17) is 26.4 Å². The topological polar surface area (TPSA) is 106 Å². The molecule has 0 bridgehead atoms. The van der Waals surface area contributed by atoms with Crippen molar-refractivity contribution in [3.05, 3.63) is 94.4 Å². The molecule has 1 aliphatic heterocycles. The summed E-state index contributed by atoms with van der Waals surface area (Å²) in [5.74, 6) is 0.160. The molecule has 1 aliphatic rings. The standard InChI is InChI=1S/C28H25N3O6S2/c1-35-22-13-8-19(14-23(22)36-2)15-24-27(34)31(28(38)39-24)16-25(32)29-30-26(33)20-9-11-21(12-10-20)37-17-18-6-4-3-5-7-18/h3-15H,16-17H2,1-2H3,(H,29,32)(H,30,33)/b24-15-. The van der Waals surface area contributed by atoms with Crippen LogP contribution in [0.3, 0.4) is 0 Å². The lowest BCUT2D eigenvalue weighted by Gasteiger charge is -2.14. The minimum absolute atomic E-state index is 0.235. The van der Waals surface area contributed by atoms with Gasteiger partial charge in [0.25, 0.3) is 17.7 Å². The molecule has 9 nitrogen and oxygen atoms in total. The number of thiocarbonyl (C=S) groups is 1. The van der Waals surface area contributed by atoms with E-state index < -0.39 is 17.7 Å². The second-order valence-corrected chi connectivity index (χ2v) is 9.86. The first-order valence-corrected chi connectivity index (χ1v) is 12.9. The number of carbonyl (C=O) groups excluding carboxylic acids is 3. The van der Waals surface area contributed by atoms with Crippen LogP contribution in [0.4, 0.5) is 0 Å². The lowest BCUT2D eigenvalue weighted by Crippen LogP contribution is -2.47. The molecule has 4 rings (SSSR count). The number of amides is 3. The Kier molecular flexibility index (Phi) is 9.18. The van der Waals surface area contributed by atoms with Crippen LogP contribution in [0.1, 0.15) is 21.5 Å². The lowest BCUT2D eigenvalue weighted by atomic mass is 10.2. The highest BCUT2D eigenvalue weighted by Crippen LogP contribution is 2.34. The van der Waals surface area contributed by atoms with Gasteiger partial charge in [0, 0.05) is 5.56 Å². The molecule has 0 unspecified atom stereocenters. The fourth-order valence-electron chi connectivity index (χ4n) is 3.56. The van der Waals surface area contributed by atoms with Crippen molar-refractivity contribution in [3.8, 4) is 17.2 Å². The molecule has 3 amide bonds. The Bertz CT molecular complexity index is 1410. The van der Waals surface area contributed by atoms with Gasteiger partial charge in [0.15, 0.2) is 11.5 Å². The van der Waals surface area contributed by atoms with E-state index in [1.54, 1.807) is 48.5 Å². The number of ether oxygens (including phenoxy) is 3. The van der Waals surface area contributed by atoms with E-state index in [-0.39, 0.29) is 10.9 Å². The first kappa shape index (κ1) is 27.7. The van der Waals surface area contributed by atoms with E-state index >= 15 is 0 Å². The third-order valence-corrected chi connectivity index (χ3v) is 6.94. The van der Waals surface area contributed by atoms with E-state index in [1.807, 2.05) is 30.3 Å². The Morgan fingerprint density at radius 1 is 0.949 bits per heavy atom. The normalized spacial score (nSPS) is 13.8. The molecule has 0 atom stereocenters. The molecule has 0 aromatic heterocycles. The third kappa shape index (κ3) is 7.15. The summed E-state index contributed by atoms with van der Waals surface area (Å²) in [5, 5.41) is 0. The average molecular weight is 564 g/mol. The number of hydrazine groups is 1. The van der Waals surface area contributed by atoms with Crippen LogP contribution in [-0.4, -0.2) is 47.7 Å². The molecule has 2 N–H and O–H groups in total. The molecule has 1 saturated heterocycles. The molecule has 1 fully saturated rings. The number of benzene rings is 3. The van der Waals surface area contributed by atoms with Crippen molar-refractivity contribution in [3.63, 3.8) is 0 Å². The van der Waals surface area contributed by atoms with Gasteiger partial charge in [-0.1, -0.05) is 60.4 Å². The molecule has 200 valence electrons. The highest BCUT2D eigenvalue weighted by molar-refractivity contribution is 8.26.